The lowest BCUT2D eigenvalue weighted by atomic mass is 9.77. The van der Waals surface area contributed by atoms with E-state index >= 15 is 0 Å². The van der Waals surface area contributed by atoms with Crippen LogP contribution in [0.25, 0.3) is 0 Å². The van der Waals surface area contributed by atoms with E-state index in [0.29, 0.717) is 22.9 Å². The van der Waals surface area contributed by atoms with Crippen LogP contribution in [0.1, 0.15) is 53.0 Å². The van der Waals surface area contributed by atoms with E-state index < -0.39 is 0 Å². The maximum absolute atomic E-state index is 13.9. The summed E-state index contributed by atoms with van der Waals surface area (Å²) >= 11 is 6.00. The highest BCUT2D eigenvalue weighted by atomic mass is 35.5. The molecule has 1 aromatic carbocycles. The maximum Gasteiger partial charge on any atom is 0.126 e. The summed E-state index contributed by atoms with van der Waals surface area (Å²) in [5, 5.41) is 4.16. The first-order chi connectivity index (χ1) is 9.74. The minimum absolute atomic E-state index is 0.161. The monoisotopic (exact) mass is 313 g/mol. The van der Waals surface area contributed by atoms with Crippen LogP contribution < -0.4 is 5.32 Å². The Labute approximate surface area is 134 Å². The zero-order valence-corrected chi connectivity index (χ0v) is 14.7. The van der Waals surface area contributed by atoms with Crippen molar-refractivity contribution in [3.8, 4) is 0 Å². The lowest BCUT2D eigenvalue weighted by molar-refractivity contribution is 0.221. The molecule has 2 atom stereocenters. The zero-order valence-electron chi connectivity index (χ0n) is 14.0. The quantitative estimate of drug-likeness (QED) is 0.704. The predicted octanol–water partition coefficient (Wildman–Crippen LogP) is 5.46. The molecule has 1 nitrogen and oxygen atoms in total. The fourth-order valence-corrected chi connectivity index (χ4v) is 2.53. The molecule has 0 saturated carbocycles. The standard InChI is InChI=1S/C18H29ClFN/c1-6-9-21-16(10-13(2)18(3,4)5)12-14-11-15(19)7-8-17(14)20/h7-8,11,13,16,21H,6,9-10,12H2,1-5H3. The van der Waals surface area contributed by atoms with Crippen LogP contribution in [-0.4, -0.2) is 12.6 Å². The average Bonchev–Trinajstić information content (AvgIpc) is 2.39. The minimum Gasteiger partial charge on any atom is -0.314 e. The molecule has 0 amide bonds. The molecule has 0 radical (unpaired) electrons. The first kappa shape index (κ1) is 18.4. The van der Waals surface area contributed by atoms with Gasteiger partial charge in [-0.2, -0.15) is 0 Å². The average molecular weight is 314 g/mol. The van der Waals surface area contributed by atoms with Gasteiger partial charge in [-0.1, -0.05) is 46.2 Å². The molecular formula is C18H29ClFN. The van der Waals surface area contributed by atoms with Gasteiger partial charge in [0.2, 0.25) is 0 Å². The summed E-state index contributed by atoms with van der Waals surface area (Å²) in [6.07, 6.45) is 2.81. The summed E-state index contributed by atoms with van der Waals surface area (Å²) in [5.41, 5.74) is 0.969. The van der Waals surface area contributed by atoms with Gasteiger partial charge in [0.25, 0.3) is 0 Å². The van der Waals surface area contributed by atoms with E-state index in [4.69, 9.17) is 11.6 Å². The van der Waals surface area contributed by atoms with Gasteiger partial charge < -0.3 is 5.32 Å². The van der Waals surface area contributed by atoms with Crippen LogP contribution in [0.3, 0.4) is 0 Å². The summed E-state index contributed by atoms with van der Waals surface area (Å²) < 4.78 is 13.9. The first-order valence-electron chi connectivity index (χ1n) is 7.91. The Morgan fingerprint density at radius 3 is 2.52 bits per heavy atom. The molecular weight excluding hydrogens is 285 g/mol. The molecule has 0 aliphatic heterocycles. The normalized spacial score (nSPS) is 15.0. The van der Waals surface area contributed by atoms with Gasteiger partial charge in [-0.3, -0.25) is 0 Å². The highest BCUT2D eigenvalue weighted by Gasteiger charge is 2.24. The van der Waals surface area contributed by atoms with E-state index in [-0.39, 0.29) is 17.3 Å². The molecule has 2 unspecified atom stereocenters. The third-order valence-electron chi connectivity index (χ3n) is 4.27. The van der Waals surface area contributed by atoms with Crippen LogP contribution >= 0.6 is 11.6 Å². The predicted molar refractivity (Wildman–Crippen MR) is 90.4 cm³/mol. The molecule has 3 heteroatoms. The molecule has 1 rings (SSSR count). The van der Waals surface area contributed by atoms with Crippen molar-refractivity contribution >= 4 is 11.6 Å². The lowest BCUT2D eigenvalue weighted by Crippen LogP contribution is -2.36. The molecule has 0 bridgehead atoms. The minimum atomic E-state index is -0.161. The van der Waals surface area contributed by atoms with E-state index in [2.05, 4.69) is 39.9 Å². The smallest absolute Gasteiger partial charge is 0.126 e. The Kier molecular flexibility index (Phi) is 7.15. The van der Waals surface area contributed by atoms with Crippen molar-refractivity contribution in [3.05, 3.63) is 34.6 Å². The van der Waals surface area contributed by atoms with Gasteiger partial charge in [-0.25, -0.2) is 4.39 Å². The summed E-state index contributed by atoms with van der Waals surface area (Å²) in [4.78, 5) is 0. The van der Waals surface area contributed by atoms with E-state index in [0.717, 1.165) is 19.4 Å². The molecule has 0 aromatic heterocycles. The highest BCUT2D eigenvalue weighted by Crippen LogP contribution is 2.30. The third-order valence-corrected chi connectivity index (χ3v) is 4.51. The van der Waals surface area contributed by atoms with E-state index in [1.54, 1.807) is 12.1 Å². The van der Waals surface area contributed by atoms with E-state index in [1.807, 2.05) is 0 Å². The van der Waals surface area contributed by atoms with Crippen LogP contribution in [0.15, 0.2) is 18.2 Å². The van der Waals surface area contributed by atoms with Crippen molar-refractivity contribution in [2.24, 2.45) is 11.3 Å². The molecule has 0 saturated heterocycles. The van der Waals surface area contributed by atoms with E-state index in [9.17, 15) is 4.39 Å². The largest absolute Gasteiger partial charge is 0.314 e. The first-order valence-corrected chi connectivity index (χ1v) is 8.29. The van der Waals surface area contributed by atoms with Crippen molar-refractivity contribution in [1.29, 1.82) is 0 Å². The molecule has 0 fully saturated rings. The molecule has 0 heterocycles. The molecule has 1 N–H and O–H groups in total. The van der Waals surface area contributed by atoms with Crippen molar-refractivity contribution in [3.63, 3.8) is 0 Å². The Hall–Kier alpha value is -0.600. The van der Waals surface area contributed by atoms with Gasteiger partial charge in [0.1, 0.15) is 5.82 Å². The zero-order chi connectivity index (χ0) is 16.0. The Morgan fingerprint density at radius 2 is 1.95 bits per heavy atom. The van der Waals surface area contributed by atoms with Gasteiger partial charge in [0, 0.05) is 11.1 Å². The summed E-state index contributed by atoms with van der Waals surface area (Å²) in [6, 6.07) is 5.10. The van der Waals surface area contributed by atoms with Crippen molar-refractivity contribution in [1.82, 2.24) is 5.32 Å². The highest BCUT2D eigenvalue weighted by molar-refractivity contribution is 6.30. The van der Waals surface area contributed by atoms with Crippen LogP contribution in [0.4, 0.5) is 4.39 Å². The molecule has 1 aromatic rings. The Bertz CT molecular complexity index is 439. The second-order valence-corrected chi connectivity index (χ2v) is 7.53. The maximum atomic E-state index is 13.9. The fourth-order valence-electron chi connectivity index (χ4n) is 2.33. The van der Waals surface area contributed by atoms with Crippen LogP contribution in [0.2, 0.25) is 5.02 Å². The number of benzene rings is 1. The number of nitrogens with one attached hydrogen (secondary N) is 1. The van der Waals surface area contributed by atoms with Gasteiger partial charge in [-0.15, -0.1) is 0 Å². The number of hydrogen-bond acceptors (Lipinski definition) is 1. The Balaban J connectivity index is 2.80. The van der Waals surface area contributed by atoms with E-state index in [1.165, 1.54) is 6.07 Å². The summed E-state index contributed by atoms with van der Waals surface area (Å²) in [6.45, 7) is 12.2. The van der Waals surface area contributed by atoms with Crippen molar-refractivity contribution in [2.75, 3.05) is 6.54 Å². The second kappa shape index (κ2) is 8.14. The topological polar surface area (TPSA) is 12.0 Å². The van der Waals surface area contributed by atoms with Crippen LogP contribution in [0.5, 0.6) is 0 Å². The SMILES string of the molecule is CCCNC(Cc1cc(Cl)ccc1F)CC(C)C(C)(C)C. The van der Waals surface area contributed by atoms with Gasteiger partial charge in [-0.05, 0) is 60.9 Å². The number of hydrogen-bond donors (Lipinski definition) is 1. The fraction of sp³-hybridized carbons (Fsp3) is 0.667. The Morgan fingerprint density at radius 1 is 1.29 bits per heavy atom. The number of halogens is 2. The molecule has 0 aliphatic rings. The van der Waals surface area contributed by atoms with Crippen molar-refractivity contribution in [2.45, 2.75) is 59.9 Å². The van der Waals surface area contributed by atoms with Crippen LogP contribution in [-0.2, 0) is 6.42 Å². The molecule has 0 aliphatic carbocycles. The van der Waals surface area contributed by atoms with Gasteiger partial charge in [0.05, 0.1) is 0 Å². The number of rotatable bonds is 7. The van der Waals surface area contributed by atoms with Crippen molar-refractivity contribution < 1.29 is 4.39 Å². The molecule has 120 valence electrons. The van der Waals surface area contributed by atoms with Crippen LogP contribution in [0, 0.1) is 17.2 Å². The van der Waals surface area contributed by atoms with Gasteiger partial charge >= 0.3 is 0 Å². The van der Waals surface area contributed by atoms with Gasteiger partial charge in [0.15, 0.2) is 0 Å². The molecule has 21 heavy (non-hydrogen) atoms. The summed E-state index contributed by atoms with van der Waals surface area (Å²) in [5.74, 6) is 0.403. The summed E-state index contributed by atoms with van der Waals surface area (Å²) in [7, 11) is 0. The second-order valence-electron chi connectivity index (χ2n) is 7.09. The third kappa shape index (κ3) is 6.36. The lowest BCUT2D eigenvalue weighted by Gasteiger charge is -2.31. The molecule has 0 spiro atoms.